The minimum absolute atomic E-state index is 0.0517. The average molecular weight is 250 g/mol. The number of amides is 1. The lowest BCUT2D eigenvalue weighted by Crippen LogP contribution is -2.49. The minimum Gasteiger partial charge on any atom is -0.466 e. The predicted molar refractivity (Wildman–Crippen MR) is 70.6 cm³/mol. The van der Waals surface area contributed by atoms with Gasteiger partial charge in [0.05, 0.1) is 5.56 Å². The lowest BCUT2D eigenvalue weighted by atomic mass is 9.90. The van der Waals surface area contributed by atoms with E-state index in [1.165, 1.54) is 0 Å². The number of hydrogen-bond acceptors (Lipinski definition) is 3. The number of rotatable bonds is 2. The molecule has 2 rings (SSSR count). The monoisotopic (exact) mass is 250 g/mol. The number of hydrogen-bond donors (Lipinski definition) is 2. The van der Waals surface area contributed by atoms with Crippen LogP contribution in [-0.4, -0.2) is 18.0 Å². The highest BCUT2D eigenvalue weighted by atomic mass is 16.3. The van der Waals surface area contributed by atoms with Gasteiger partial charge in [0.2, 0.25) is 0 Å². The summed E-state index contributed by atoms with van der Waals surface area (Å²) >= 11 is 0. The first-order chi connectivity index (χ1) is 8.50. The third-order valence-electron chi connectivity index (χ3n) is 3.92. The summed E-state index contributed by atoms with van der Waals surface area (Å²) in [5, 5.41) is 3.06. The van der Waals surface area contributed by atoms with Crippen LogP contribution in [0.3, 0.4) is 0 Å². The van der Waals surface area contributed by atoms with Gasteiger partial charge in [-0.2, -0.15) is 0 Å². The van der Waals surface area contributed by atoms with Crippen LogP contribution in [0.5, 0.6) is 0 Å². The first-order valence-corrected chi connectivity index (χ1v) is 6.63. The second-order valence-corrected chi connectivity index (χ2v) is 5.24. The molecule has 1 aromatic heterocycles. The first kappa shape index (κ1) is 13.1. The summed E-state index contributed by atoms with van der Waals surface area (Å²) in [5.41, 5.74) is 7.65. The van der Waals surface area contributed by atoms with E-state index in [0.29, 0.717) is 11.3 Å². The summed E-state index contributed by atoms with van der Waals surface area (Å²) in [4.78, 5) is 12.3. The van der Waals surface area contributed by atoms with Gasteiger partial charge < -0.3 is 15.5 Å². The molecule has 0 saturated heterocycles. The van der Waals surface area contributed by atoms with Gasteiger partial charge >= 0.3 is 0 Å². The Morgan fingerprint density at radius 1 is 1.22 bits per heavy atom. The molecule has 0 radical (unpaired) electrons. The molecule has 0 spiro atoms. The van der Waals surface area contributed by atoms with E-state index in [4.69, 9.17) is 10.2 Å². The van der Waals surface area contributed by atoms with Crippen molar-refractivity contribution in [1.82, 2.24) is 5.32 Å². The molecule has 2 atom stereocenters. The Hall–Kier alpha value is -1.29. The maximum Gasteiger partial charge on any atom is 0.255 e. The van der Waals surface area contributed by atoms with Gasteiger partial charge in [-0.3, -0.25) is 4.79 Å². The van der Waals surface area contributed by atoms with E-state index in [9.17, 15) is 4.79 Å². The van der Waals surface area contributed by atoms with Crippen LogP contribution in [0.15, 0.2) is 4.42 Å². The maximum atomic E-state index is 12.3. The maximum absolute atomic E-state index is 12.3. The molecular weight excluding hydrogens is 228 g/mol. The first-order valence-electron chi connectivity index (χ1n) is 6.63. The second kappa shape index (κ2) is 5.14. The molecule has 1 aromatic rings. The van der Waals surface area contributed by atoms with Crippen molar-refractivity contribution in [1.29, 1.82) is 0 Å². The molecule has 1 heterocycles. The van der Waals surface area contributed by atoms with Gasteiger partial charge in [0.15, 0.2) is 0 Å². The number of carbonyl (C=O) groups excluding carboxylic acids is 1. The van der Waals surface area contributed by atoms with E-state index < -0.39 is 0 Å². The second-order valence-electron chi connectivity index (χ2n) is 5.24. The van der Waals surface area contributed by atoms with Gasteiger partial charge in [-0.15, -0.1) is 0 Å². The largest absolute Gasteiger partial charge is 0.466 e. The zero-order chi connectivity index (χ0) is 13.3. The molecule has 4 heteroatoms. The third kappa shape index (κ3) is 2.43. The number of furan rings is 1. The van der Waals surface area contributed by atoms with Crippen LogP contribution in [0.1, 0.15) is 53.1 Å². The Bertz CT molecular complexity index is 451. The molecule has 100 valence electrons. The van der Waals surface area contributed by atoms with Crippen LogP contribution in [0.2, 0.25) is 0 Å². The third-order valence-corrected chi connectivity index (χ3v) is 3.92. The summed E-state index contributed by atoms with van der Waals surface area (Å²) in [6.07, 6.45) is 4.27. The van der Waals surface area contributed by atoms with Crippen LogP contribution < -0.4 is 11.1 Å². The lowest BCUT2D eigenvalue weighted by molar-refractivity contribution is 0.0919. The van der Waals surface area contributed by atoms with Crippen molar-refractivity contribution in [2.45, 2.75) is 58.5 Å². The van der Waals surface area contributed by atoms with Crippen molar-refractivity contribution < 1.29 is 9.21 Å². The highest BCUT2D eigenvalue weighted by Gasteiger charge is 2.26. The zero-order valence-corrected chi connectivity index (χ0v) is 11.4. The van der Waals surface area contributed by atoms with Crippen molar-refractivity contribution >= 4 is 5.91 Å². The van der Waals surface area contributed by atoms with E-state index in [1.807, 2.05) is 20.8 Å². The van der Waals surface area contributed by atoms with Crippen molar-refractivity contribution in [2.24, 2.45) is 5.73 Å². The number of nitrogens with two attached hydrogens (primary N) is 1. The molecule has 18 heavy (non-hydrogen) atoms. The summed E-state index contributed by atoms with van der Waals surface area (Å²) in [6, 6.07) is 0.177. The molecule has 0 aromatic carbocycles. The molecule has 1 aliphatic rings. The number of nitrogens with one attached hydrogen (secondary N) is 1. The molecular formula is C14H22N2O2. The summed E-state index contributed by atoms with van der Waals surface area (Å²) in [6.45, 7) is 5.63. The fourth-order valence-electron chi connectivity index (χ4n) is 2.71. The molecule has 1 saturated carbocycles. The van der Waals surface area contributed by atoms with Crippen molar-refractivity contribution in [2.75, 3.05) is 0 Å². The van der Waals surface area contributed by atoms with Crippen LogP contribution >= 0.6 is 0 Å². The molecule has 1 amide bonds. The molecule has 0 aliphatic heterocycles. The Labute approximate surface area is 108 Å². The Kier molecular flexibility index (Phi) is 3.76. The normalized spacial score (nSPS) is 24.0. The topological polar surface area (TPSA) is 68.3 Å². The van der Waals surface area contributed by atoms with Gasteiger partial charge in [-0.1, -0.05) is 12.8 Å². The highest BCUT2D eigenvalue weighted by molar-refractivity contribution is 5.97. The van der Waals surface area contributed by atoms with Gasteiger partial charge in [0.25, 0.3) is 5.91 Å². The van der Waals surface area contributed by atoms with E-state index in [0.717, 1.165) is 37.0 Å². The van der Waals surface area contributed by atoms with Gasteiger partial charge in [0.1, 0.15) is 11.5 Å². The molecule has 2 unspecified atom stereocenters. The van der Waals surface area contributed by atoms with Crippen LogP contribution in [0.4, 0.5) is 0 Å². The fraction of sp³-hybridized carbons (Fsp3) is 0.643. The predicted octanol–water partition coefficient (Wildman–Crippen LogP) is 2.20. The average Bonchev–Trinajstić information content (AvgIpc) is 2.56. The summed E-state index contributed by atoms with van der Waals surface area (Å²) < 4.78 is 5.49. The number of carbonyl (C=O) groups is 1. The SMILES string of the molecule is Cc1oc(C)c(C(=O)NC2CCCCC2N)c1C. The standard InChI is InChI=1S/C14H22N2O2/c1-8-9(2)18-10(3)13(8)14(17)16-12-7-5-4-6-11(12)15/h11-12H,4-7,15H2,1-3H3,(H,16,17). The number of aryl methyl sites for hydroxylation is 2. The van der Waals surface area contributed by atoms with E-state index >= 15 is 0 Å². The van der Waals surface area contributed by atoms with Crippen molar-refractivity contribution in [3.05, 3.63) is 22.6 Å². The Morgan fingerprint density at radius 2 is 1.89 bits per heavy atom. The highest BCUT2D eigenvalue weighted by Crippen LogP contribution is 2.22. The molecule has 1 fully saturated rings. The zero-order valence-electron chi connectivity index (χ0n) is 11.4. The van der Waals surface area contributed by atoms with Crippen LogP contribution in [-0.2, 0) is 0 Å². The van der Waals surface area contributed by atoms with Crippen LogP contribution in [0, 0.1) is 20.8 Å². The quantitative estimate of drug-likeness (QED) is 0.845. The molecule has 0 bridgehead atoms. The fourth-order valence-corrected chi connectivity index (χ4v) is 2.71. The van der Waals surface area contributed by atoms with E-state index in [2.05, 4.69) is 5.32 Å². The molecule has 4 nitrogen and oxygen atoms in total. The summed E-state index contributed by atoms with van der Waals surface area (Å²) in [5.74, 6) is 1.45. The minimum atomic E-state index is -0.0517. The molecule has 3 N–H and O–H groups in total. The lowest BCUT2D eigenvalue weighted by Gasteiger charge is -2.29. The Balaban J connectivity index is 2.12. The van der Waals surface area contributed by atoms with Crippen molar-refractivity contribution in [3.63, 3.8) is 0 Å². The van der Waals surface area contributed by atoms with Gasteiger partial charge in [-0.25, -0.2) is 0 Å². The van der Waals surface area contributed by atoms with Gasteiger partial charge in [0, 0.05) is 17.6 Å². The van der Waals surface area contributed by atoms with E-state index in [1.54, 1.807) is 0 Å². The van der Waals surface area contributed by atoms with Gasteiger partial charge in [-0.05, 0) is 33.6 Å². The van der Waals surface area contributed by atoms with Crippen molar-refractivity contribution in [3.8, 4) is 0 Å². The Morgan fingerprint density at radius 3 is 2.44 bits per heavy atom. The van der Waals surface area contributed by atoms with E-state index in [-0.39, 0.29) is 18.0 Å². The smallest absolute Gasteiger partial charge is 0.255 e. The molecule has 1 aliphatic carbocycles. The summed E-state index contributed by atoms with van der Waals surface area (Å²) in [7, 11) is 0. The van der Waals surface area contributed by atoms with Crippen LogP contribution in [0.25, 0.3) is 0 Å².